The molecule has 1 aromatic carbocycles. The molecule has 0 bridgehead atoms. The minimum atomic E-state index is 0.946. The lowest BCUT2D eigenvalue weighted by atomic mass is 10.2. The first-order valence-electron chi connectivity index (χ1n) is 3.33. The zero-order valence-corrected chi connectivity index (χ0v) is 8.25. The molecule has 2 atom stereocenters. The lowest BCUT2D eigenvalue weighted by Gasteiger charge is -1.97. The average Bonchev–Trinajstić information content (AvgIpc) is 1.95. The third-order valence-corrected chi connectivity index (χ3v) is 2.92. The molecule has 0 amide bonds. The maximum Gasteiger partial charge on any atom is -0.0163 e. The second kappa shape index (κ2) is 4.06. The molecule has 0 aliphatic rings. The van der Waals surface area contributed by atoms with Gasteiger partial charge in [0.1, 0.15) is 0 Å². The maximum absolute atomic E-state index is 2.75. The van der Waals surface area contributed by atoms with E-state index in [1.165, 1.54) is 16.8 Å². The Morgan fingerprint density at radius 1 is 1.30 bits per heavy atom. The van der Waals surface area contributed by atoms with Crippen LogP contribution >= 0.6 is 17.8 Å². The highest BCUT2D eigenvalue weighted by Crippen LogP contribution is 2.12. The molecular weight excluding hydrogens is 158 g/mol. The highest BCUT2D eigenvalue weighted by molar-refractivity contribution is 7.55. The predicted molar refractivity (Wildman–Crippen MR) is 53.7 cm³/mol. The Bertz CT molecular complexity index is 191. The number of rotatable bonds is 2. The van der Waals surface area contributed by atoms with Gasteiger partial charge in [0, 0.05) is 0 Å². The van der Waals surface area contributed by atoms with E-state index in [4.69, 9.17) is 0 Å². The zero-order chi connectivity index (χ0) is 7.40. The van der Waals surface area contributed by atoms with Crippen LogP contribution in [0.2, 0.25) is 0 Å². The van der Waals surface area contributed by atoms with Crippen LogP contribution in [0.15, 0.2) is 24.3 Å². The van der Waals surface area contributed by atoms with E-state index in [2.05, 4.69) is 40.4 Å². The first-order chi connectivity index (χ1) is 4.83. The average molecular weight is 170 g/mol. The van der Waals surface area contributed by atoms with Crippen molar-refractivity contribution < 1.29 is 0 Å². The molecule has 0 aromatic heterocycles. The number of hydrogen-bond acceptors (Lipinski definition) is 0. The van der Waals surface area contributed by atoms with Crippen LogP contribution in [-0.4, -0.2) is 5.90 Å². The molecule has 0 aliphatic carbocycles. The Balaban J connectivity index is 2.69. The van der Waals surface area contributed by atoms with Gasteiger partial charge in [0.25, 0.3) is 0 Å². The summed E-state index contributed by atoms with van der Waals surface area (Å²) in [7, 11) is 3.70. The summed E-state index contributed by atoms with van der Waals surface area (Å²) >= 11 is 0. The van der Waals surface area contributed by atoms with E-state index >= 15 is 0 Å². The van der Waals surface area contributed by atoms with Gasteiger partial charge in [-0.3, -0.25) is 0 Å². The Hall–Kier alpha value is 0.0800. The van der Waals surface area contributed by atoms with E-state index in [0.29, 0.717) is 0 Å². The van der Waals surface area contributed by atoms with Crippen LogP contribution in [0, 0.1) is 6.92 Å². The largest absolute Gasteiger partial charge is 0.133 e. The summed E-state index contributed by atoms with van der Waals surface area (Å²) in [4.78, 5) is 0. The molecule has 0 aliphatic heterocycles. The first kappa shape index (κ1) is 8.18. The summed E-state index contributed by atoms with van der Waals surface area (Å²) in [5.41, 5.74) is 1.34. The minimum absolute atomic E-state index is 0.946. The molecular formula is C8H12P2. The first-order valence-corrected chi connectivity index (χ1v) is 5.36. The van der Waals surface area contributed by atoms with Gasteiger partial charge in [-0.25, -0.2) is 0 Å². The van der Waals surface area contributed by atoms with Crippen molar-refractivity contribution in [1.82, 2.24) is 0 Å². The van der Waals surface area contributed by atoms with Crippen molar-refractivity contribution in [2.75, 3.05) is 5.90 Å². The lowest BCUT2D eigenvalue weighted by Crippen LogP contribution is -1.91. The molecule has 0 N–H and O–H groups in total. The van der Waals surface area contributed by atoms with Crippen LogP contribution in [0.25, 0.3) is 0 Å². The van der Waals surface area contributed by atoms with Crippen LogP contribution in [-0.2, 0) is 0 Å². The molecule has 2 unspecified atom stereocenters. The second-order valence-electron chi connectivity index (χ2n) is 2.25. The standard InChI is InChI=1S/C8H12P2/c1-7-2-4-8(5-3-7)10-6-9/h2-5,10H,6,9H2,1H3. The minimum Gasteiger partial charge on any atom is -0.133 e. The molecule has 0 spiro atoms. The predicted octanol–water partition coefficient (Wildman–Crippen LogP) is 2.13. The van der Waals surface area contributed by atoms with E-state index in [1.807, 2.05) is 0 Å². The van der Waals surface area contributed by atoms with E-state index in [-0.39, 0.29) is 0 Å². The van der Waals surface area contributed by atoms with Gasteiger partial charge < -0.3 is 0 Å². The Morgan fingerprint density at radius 2 is 1.90 bits per heavy atom. The van der Waals surface area contributed by atoms with Crippen molar-refractivity contribution in [2.24, 2.45) is 0 Å². The van der Waals surface area contributed by atoms with Gasteiger partial charge in [0.2, 0.25) is 0 Å². The molecule has 10 heavy (non-hydrogen) atoms. The molecule has 54 valence electrons. The van der Waals surface area contributed by atoms with Crippen molar-refractivity contribution in [2.45, 2.75) is 6.92 Å². The second-order valence-corrected chi connectivity index (χ2v) is 4.81. The zero-order valence-electron chi connectivity index (χ0n) is 6.09. The quantitative estimate of drug-likeness (QED) is 0.596. The van der Waals surface area contributed by atoms with Gasteiger partial charge in [-0.2, -0.15) is 0 Å². The van der Waals surface area contributed by atoms with Crippen LogP contribution < -0.4 is 5.30 Å². The fraction of sp³-hybridized carbons (Fsp3) is 0.250. The monoisotopic (exact) mass is 170 g/mol. The van der Waals surface area contributed by atoms with Crippen molar-refractivity contribution in [3.05, 3.63) is 29.8 Å². The van der Waals surface area contributed by atoms with E-state index in [9.17, 15) is 0 Å². The van der Waals surface area contributed by atoms with E-state index < -0.39 is 0 Å². The number of benzene rings is 1. The molecule has 1 aromatic rings. The molecule has 0 nitrogen and oxygen atoms in total. The number of aryl methyl sites for hydroxylation is 1. The summed E-state index contributed by atoms with van der Waals surface area (Å²) in [6.45, 7) is 2.12. The van der Waals surface area contributed by atoms with Gasteiger partial charge in [0.05, 0.1) is 0 Å². The van der Waals surface area contributed by atoms with Crippen molar-refractivity contribution in [3.8, 4) is 0 Å². The normalized spacial score (nSPS) is 11.0. The molecule has 2 heteroatoms. The van der Waals surface area contributed by atoms with Gasteiger partial charge in [-0.15, -0.1) is 9.24 Å². The molecule has 0 saturated carbocycles. The fourth-order valence-electron chi connectivity index (χ4n) is 0.789. The summed E-state index contributed by atoms with van der Waals surface area (Å²) in [5, 5.41) is 1.46. The number of hydrogen-bond donors (Lipinski definition) is 0. The highest BCUT2D eigenvalue weighted by atomic mass is 31.1. The highest BCUT2D eigenvalue weighted by Gasteiger charge is 1.87. The van der Waals surface area contributed by atoms with Gasteiger partial charge >= 0.3 is 0 Å². The van der Waals surface area contributed by atoms with Crippen LogP contribution in [0.1, 0.15) is 5.56 Å². The molecule has 1 rings (SSSR count). The third kappa shape index (κ3) is 2.37. The summed E-state index contributed by atoms with van der Waals surface area (Å²) < 4.78 is 0. The van der Waals surface area contributed by atoms with E-state index in [1.54, 1.807) is 0 Å². The molecule has 0 fully saturated rings. The van der Waals surface area contributed by atoms with Gasteiger partial charge in [-0.1, -0.05) is 38.4 Å². The summed E-state index contributed by atoms with van der Waals surface area (Å²) in [6.07, 6.45) is 0. The van der Waals surface area contributed by atoms with E-state index in [0.717, 1.165) is 8.58 Å². The maximum atomic E-state index is 2.75. The molecule has 0 saturated heterocycles. The molecule has 0 radical (unpaired) electrons. The van der Waals surface area contributed by atoms with Gasteiger partial charge in [-0.05, 0) is 18.1 Å². The Morgan fingerprint density at radius 3 is 2.40 bits per heavy atom. The van der Waals surface area contributed by atoms with Crippen LogP contribution in [0.4, 0.5) is 0 Å². The van der Waals surface area contributed by atoms with Crippen molar-refractivity contribution in [1.29, 1.82) is 0 Å². The van der Waals surface area contributed by atoms with Crippen LogP contribution in [0.3, 0.4) is 0 Å². The Labute approximate surface area is 66.4 Å². The topological polar surface area (TPSA) is 0 Å². The Kier molecular flexibility index (Phi) is 3.32. The SMILES string of the molecule is Cc1ccc(PCP)cc1. The lowest BCUT2D eigenvalue weighted by molar-refractivity contribution is 1.49. The van der Waals surface area contributed by atoms with Crippen LogP contribution in [0.5, 0.6) is 0 Å². The third-order valence-electron chi connectivity index (χ3n) is 1.36. The van der Waals surface area contributed by atoms with Crippen molar-refractivity contribution in [3.63, 3.8) is 0 Å². The summed E-state index contributed by atoms with van der Waals surface area (Å²) in [5.74, 6) is 1.18. The van der Waals surface area contributed by atoms with Gasteiger partial charge in [0.15, 0.2) is 0 Å². The smallest absolute Gasteiger partial charge is 0.0163 e. The fourth-order valence-corrected chi connectivity index (χ4v) is 2.13. The van der Waals surface area contributed by atoms with Crippen molar-refractivity contribution >= 4 is 23.1 Å². The summed E-state index contributed by atoms with van der Waals surface area (Å²) in [6, 6.07) is 8.75. The molecule has 0 heterocycles.